The van der Waals surface area contributed by atoms with Gasteiger partial charge < -0.3 is 4.52 Å². The van der Waals surface area contributed by atoms with Crippen molar-refractivity contribution in [3.05, 3.63) is 0 Å². The second-order valence-corrected chi connectivity index (χ2v) is 6.05. The molecule has 2 nitrogen and oxygen atoms in total. The molecular weight excluding hydrogens is 214 g/mol. The van der Waals surface area contributed by atoms with Crippen molar-refractivity contribution in [1.29, 1.82) is 0 Å². The zero-order valence-corrected chi connectivity index (χ0v) is 11.1. The van der Waals surface area contributed by atoms with Gasteiger partial charge in [0.15, 0.2) is 0 Å². The topological polar surface area (TPSA) is 26.3 Å². The van der Waals surface area contributed by atoms with E-state index in [0.717, 1.165) is 19.3 Å². The molecule has 4 heteroatoms. The summed E-state index contributed by atoms with van der Waals surface area (Å²) in [5.74, 6) is 0. The summed E-state index contributed by atoms with van der Waals surface area (Å²) in [5, 5.41) is 0. The monoisotopic (exact) mass is 238 g/mol. The Labute approximate surface area is 93.2 Å². The molecule has 0 N–H and O–H groups in total. The van der Waals surface area contributed by atoms with E-state index in [1.165, 1.54) is 19.3 Å². The van der Waals surface area contributed by atoms with Crippen LogP contribution in [0.3, 0.4) is 0 Å². The average Bonchev–Trinajstić information content (AvgIpc) is 2.17. The van der Waals surface area contributed by atoms with E-state index < -0.39 is 7.68 Å². The molecule has 0 spiro atoms. The van der Waals surface area contributed by atoms with Gasteiger partial charge in [0, 0.05) is 0 Å². The predicted octanol–water partition coefficient (Wildman–Crippen LogP) is 4.93. The van der Waals surface area contributed by atoms with Gasteiger partial charge in [0.05, 0.1) is 12.3 Å². The summed E-state index contributed by atoms with van der Waals surface area (Å²) in [5.41, 5.74) is 0. The van der Waals surface area contributed by atoms with Crippen LogP contribution >= 0.6 is 7.68 Å². The summed E-state index contributed by atoms with van der Waals surface area (Å²) in [7, 11) is -3.79. The summed E-state index contributed by atoms with van der Waals surface area (Å²) < 4.78 is 29.0. The first-order valence-corrected chi connectivity index (χ1v) is 7.69. The molecule has 0 aliphatic heterocycles. The van der Waals surface area contributed by atoms with E-state index >= 15 is 0 Å². The second kappa shape index (κ2) is 8.29. The average molecular weight is 238 g/mol. The Bertz CT molecular complexity index is 197. The molecule has 0 aromatic heterocycles. The molecule has 2 unspecified atom stereocenters. The number of unbranched alkanes of at least 4 members (excludes halogenated alkanes) is 4. The lowest BCUT2D eigenvalue weighted by molar-refractivity contribution is 0.193. The summed E-state index contributed by atoms with van der Waals surface area (Å²) in [6.07, 6.45) is 6.46. The Balaban J connectivity index is 3.49. The molecule has 15 heavy (non-hydrogen) atoms. The molecule has 0 rings (SSSR count). The Morgan fingerprint density at radius 3 is 2.33 bits per heavy atom. The van der Waals surface area contributed by atoms with Crippen molar-refractivity contribution in [3.8, 4) is 0 Å². The molecule has 0 radical (unpaired) electrons. The maximum absolute atomic E-state index is 13.0. The van der Waals surface area contributed by atoms with Crippen molar-refractivity contribution in [2.45, 2.75) is 65.4 Å². The Morgan fingerprint density at radius 1 is 1.20 bits per heavy atom. The van der Waals surface area contributed by atoms with Crippen LogP contribution in [0, 0.1) is 0 Å². The van der Waals surface area contributed by atoms with E-state index in [0.29, 0.717) is 0 Å². The van der Waals surface area contributed by atoms with Crippen LogP contribution in [-0.2, 0) is 9.09 Å². The fourth-order valence-corrected chi connectivity index (χ4v) is 2.22. The zero-order chi connectivity index (χ0) is 11.7. The van der Waals surface area contributed by atoms with Crippen LogP contribution in [0.1, 0.15) is 59.3 Å². The minimum Gasteiger partial charge on any atom is -0.302 e. The van der Waals surface area contributed by atoms with Crippen molar-refractivity contribution < 1.29 is 13.3 Å². The Hall–Kier alpha value is 0.120. The van der Waals surface area contributed by atoms with Gasteiger partial charge in [-0.1, -0.05) is 46.0 Å². The highest BCUT2D eigenvalue weighted by Gasteiger charge is 2.21. The lowest BCUT2D eigenvalue weighted by atomic mass is 10.1. The fraction of sp³-hybridized carbons (Fsp3) is 1.00. The third-order valence-corrected chi connectivity index (χ3v) is 3.86. The summed E-state index contributed by atoms with van der Waals surface area (Å²) in [4.78, 5) is 0. The smallest absolute Gasteiger partial charge is 0.302 e. The van der Waals surface area contributed by atoms with Gasteiger partial charge in [0.2, 0.25) is 0 Å². The molecule has 2 atom stereocenters. The highest BCUT2D eigenvalue weighted by Crippen LogP contribution is 2.49. The van der Waals surface area contributed by atoms with Gasteiger partial charge in [-0.25, -0.2) is 0 Å². The predicted molar refractivity (Wildman–Crippen MR) is 63.2 cm³/mol. The summed E-state index contributed by atoms with van der Waals surface area (Å²) in [6.45, 7) is 5.52. The summed E-state index contributed by atoms with van der Waals surface area (Å²) >= 11 is 0. The van der Waals surface area contributed by atoms with Crippen LogP contribution in [0.4, 0.5) is 4.20 Å². The Kier molecular flexibility index (Phi) is 8.36. The Morgan fingerprint density at radius 2 is 1.80 bits per heavy atom. The molecule has 0 bridgehead atoms. The molecule has 0 saturated carbocycles. The van der Waals surface area contributed by atoms with Crippen LogP contribution in [0.2, 0.25) is 0 Å². The summed E-state index contributed by atoms with van der Waals surface area (Å²) in [6, 6.07) is 0. The van der Waals surface area contributed by atoms with Gasteiger partial charge in [-0.3, -0.25) is 4.57 Å². The number of rotatable bonds is 9. The molecule has 0 aliphatic carbocycles. The van der Waals surface area contributed by atoms with Gasteiger partial charge in [-0.05, 0) is 13.3 Å². The van der Waals surface area contributed by atoms with Gasteiger partial charge in [0.1, 0.15) is 0 Å². The minimum absolute atomic E-state index is 0.0207. The molecule has 0 aromatic carbocycles. The highest BCUT2D eigenvalue weighted by molar-refractivity contribution is 7.53. The lowest BCUT2D eigenvalue weighted by Gasteiger charge is -2.14. The molecular formula is C11H24FO2P. The van der Waals surface area contributed by atoms with Crippen LogP contribution in [0.25, 0.3) is 0 Å². The third-order valence-electron chi connectivity index (χ3n) is 2.43. The molecule has 0 amide bonds. The number of hydrogen-bond donors (Lipinski definition) is 0. The van der Waals surface area contributed by atoms with E-state index in [9.17, 15) is 8.76 Å². The van der Waals surface area contributed by atoms with Crippen LogP contribution in [0.5, 0.6) is 0 Å². The van der Waals surface area contributed by atoms with E-state index in [-0.39, 0.29) is 12.3 Å². The lowest BCUT2D eigenvalue weighted by Crippen LogP contribution is -2.05. The third kappa shape index (κ3) is 9.07. The van der Waals surface area contributed by atoms with Crippen LogP contribution in [0.15, 0.2) is 0 Å². The molecule has 0 aliphatic rings. The maximum Gasteiger partial charge on any atom is 0.367 e. The molecule has 92 valence electrons. The van der Waals surface area contributed by atoms with Gasteiger partial charge in [0.25, 0.3) is 0 Å². The van der Waals surface area contributed by atoms with Gasteiger partial charge in [-0.2, -0.15) is 4.20 Å². The molecule has 0 saturated heterocycles. The van der Waals surface area contributed by atoms with E-state index in [2.05, 4.69) is 6.92 Å². The van der Waals surface area contributed by atoms with Gasteiger partial charge >= 0.3 is 7.68 Å². The molecule has 0 aromatic rings. The van der Waals surface area contributed by atoms with Crippen molar-refractivity contribution in [2.24, 2.45) is 0 Å². The maximum atomic E-state index is 13.0. The standard InChI is InChI=1S/C11H24FO2P/c1-4-6-7-8-9-10-11(3)14-15(12,13)5-2/h11H,4-10H2,1-3H3. The van der Waals surface area contributed by atoms with Crippen molar-refractivity contribution in [2.75, 3.05) is 6.16 Å². The van der Waals surface area contributed by atoms with Crippen LogP contribution in [-0.4, -0.2) is 12.3 Å². The van der Waals surface area contributed by atoms with E-state index in [1.807, 2.05) is 0 Å². The largest absolute Gasteiger partial charge is 0.367 e. The van der Waals surface area contributed by atoms with Crippen molar-refractivity contribution in [1.82, 2.24) is 0 Å². The zero-order valence-electron chi connectivity index (χ0n) is 10.2. The highest BCUT2D eigenvalue weighted by atomic mass is 31.2. The van der Waals surface area contributed by atoms with E-state index in [4.69, 9.17) is 4.52 Å². The first-order chi connectivity index (χ1) is 7.02. The first kappa shape index (κ1) is 15.1. The van der Waals surface area contributed by atoms with Crippen molar-refractivity contribution >= 4 is 7.68 Å². The number of halogens is 1. The van der Waals surface area contributed by atoms with Gasteiger partial charge in [-0.15, -0.1) is 0 Å². The molecule has 0 heterocycles. The van der Waals surface area contributed by atoms with Crippen molar-refractivity contribution in [3.63, 3.8) is 0 Å². The number of hydrogen-bond acceptors (Lipinski definition) is 2. The van der Waals surface area contributed by atoms with Crippen LogP contribution < -0.4 is 0 Å². The fourth-order valence-electron chi connectivity index (χ4n) is 1.43. The second-order valence-electron chi connectivity index (χ2n) is 4.03. The molecule has 0 fully saturated rings. The first-order valence-electron chi connectivity index (χ1n) is 5.99. The minimum atomic E-state index is -3.79. The van der Waals surface area contributed by atoms with E-state index in [1.54, 1.807) is 13.8 Å². The SMILES string of the molecule is CCCCCCCC(C)OP(=O)(F)CC. The normalized spacial score (nSPS) is 17.3. The quantitative estimate of drug-likeness (QED) is 0.420.